The molecule has 3 nitrogen and oxygen atoms in total. The van der Waals surface area contributed by atoms with Gasteiger partial charge in [-0.1, -0.05) is 20.8 Å². The van der Waals surface area contributed by atoms with Crippen LogP contribution < -0.4 is 10.6 Å². The summed E-state index contributed by atoms with van der Waals surface area (Å²) in [4.78, 5) is 10.8. The molecule has 2 N–H and O–H groups in total. The van der Waals surface area contributed by atoms with Crippen LogP contribution in [0.25, 0.3) is 0 Å². The van der Waals surface area contributed by atoms with Crippen molar-refractivity contribution in [3.63, 3.8) is 0 Å². The third kappa shape index (κ3) is 9.53. The molecule has 0 fully saturated rings. The van der Waals surface area contributed by atoms with Gasteiger partial charge in [-0.2, -0.15) is 12.6 Å². The summed E-state index contributed by atoms with van der Waals surface area (Å²) in [5, 5.41) is 5.49. The zero-order chi connectivity index (χ0) is 10.7. The van der Waals surface area contributed by atoms with E-state index in [0.29, 0.717) is 6.54 Å². The van der Waals surface area contributed by atoms with Gasteiger partial charge in [0.05, 0.1) is 4.87 Å². The molecule has 0 aliphatic rings. The molecule has 0 aliphatic carbocycles. The van der Waals surface area contributed by atoms with Gasteiger partial charge in [0, 0.05) is 6.54 Å². The van der Waals surface area contributed by atoms with E-state index in [2.05, 4.69) is 44.0 Å². The molecule has 0 saturated carbocycles. The van der Waals surface area contributed by atoms with E-state index in [0.717, 1.165) is 0 Å². The smallest absolute Gasteiger partial charge is 0.315 e. The number of amides is 2. The molecule has 0 rings (SSSR count). The van der Waals surface area contributed by atoms with Gasteiger partial charge in [-0.25, -0.2) is 4.79 Å². The first-order chi connectivity index (χ1) is 5.60. The van der Waals surface area contributed by atoms with Crippen molar-refractivity contribution in [3.8, 4) is 0 Å². The van der Waals surface area contributed by atoms with Crippen molar-refractivity contribution >= 4 is 18.7 Å². The standard InChI is InChI=1S/C9H20N2OS/c1-8(2,3)6-10-7(12)11-9(4,5)13/h13H,6H2,1-5H3,(H2,10,11,12). The lowest BCUT2D eigenvalue weighted by atomic mass is 9.97. The molecule has 0 aromatic heterocycles. The minimum atomic E-state index is -0.470. The summed E-state index contributed by atoms with van der Waals surface area (Å²) in [6, 6.07) is -0.171. The lowest BCUT2D eigenvalue weighted by Gasteiger charge is -2.23. The maximum absolute atomic E-state index is 11.2. The minimum Gasteiger partial charge on any atom is -0.338 e. The zero-order valence-corrected chi connectivity index (χ0v) is 9.96. The quantitative estimate of drug-likeness (QED) is 0.467. The molecule has 0 aliphatic heterocycles. The highest BCUT2D eigenvalue weighted by atomic mass is 32.1. The van der Waals surface area contributed by atoms with Gasteiger partial charge in [-0.05, 0) is 19.3 Å². The van der Waals surface area contributed by atoms with E-state index in [1.165, 1.54) is 0 Å². The van der Waals surface area contributed by atoms with E-state index in [1.54, 1.807) is 0 Å². The normalized spacial score (nSPS) is 12.5. The predicted octanol–water partition coefficient (Wildman–Crippen LogP) is 2.00. The van der Waals surface area contributed by atoms with Gasteiger partial charge in [-0.3, -0.25) is 0 Å². The van der Waals surface area contributed by atoms with Crippen LogP contribution in [0.4, 0.5) is 4.79 Å². The Balaban J connectivity index is 3.78. The molecule has 78 valence electrons. The lowest BCUT2D eigenvalue weighted by Crippen LogP contribution is -2.47. The first kappa shape index (κ1) is 12.6. The molecule has 0 heterocycles. The highest BCUT2D eigenvalue weighted by Crippen LogP contribution is 2.10. The molecular weight excluding hydrogens is 184 g/mol. The van der Waals surface area contributed by atoms with Gasteiger partial charge >= 0.3 is 6.03 Å². The fourth-order valence-electron chi connectivity index (χ4n) is 0.667. The van der Waals surface area contributed by atoms with Crippen molar-refractivity contribution in [2.75, 3.05) is 6.54 Å². The van der Waals surface area contributed by atoms with Crippen LogP contribution in [0.1, 0.15) is 34.6 Å². The Labute approximate surface area is 86.1 Å². The van der Waals surface area contributed by atoms with Crippen LogP contribution in [0.15, 0.2) is 0 Å². The van der Waals surface area contributed by atoms with Crippen LogP contribution in [0.2, 0.25) is 0 Å². The van der Waals surface area contributed by atoms with Gasteiger partial charge in [0.2, 0.25) is 0 Å². The van der Waals surface area contributed by atoms with E-state index >= 15 is 0 Å². The van der Waals surface area contributed by atoms with E-state index in [4.69, 9.17) is 0 Å². The summed E-state index contributed by atoms with van der Waals surface area (Å²) in [6.07, 6.45) is 0. The van der Waals surface area contributed by atoms with E-state index in [1.807, 2.05) is 13.8 Å². The molecule has 0 saturated heterocycles. The highest BCUT2D eigenvalue weighted by Gasteiger charge is 2.16. The van der Waals surface area contributed by atoms with Crippen molar-refractivity contribution in [2.24, 2.45) is 5.41 Å². The van der Waals surface area contributed by atoms with Crippen LogP contribution in [0.3, 0.4) is 0 Å². The molecule has 0 atom stereocenters. The Bertz CT molecular complexity index is 179. The molecule has 0 spiro atoms. The molecule has 13 heavy (non-hydrogen) atoms. The Morgan fingerprint density at radius 3 is 2.00 bits per heavy atom. The summed E-state index contributed by atoms with van der Waals surface area (Å²) in [5.74, 6) is 0. The first-order valence-electron chi connectivity index (χ1n) is 4.38. The fourth-order valence-corrected chi connectivity index (χ4v) is 0.769. The molecule has 2 amide bonds. The molecule has 0 aromatic carbocycles. The molecule has 0 bridgehead atoms. The number of hydrogen-bond donors (Lipinski definition) is 3. The monoisotopic (exact) mass is 204 g/mol. The second-order valence-electron chi connectivity index (χ2n) is 4.93. The van der Waals surface area contributed by atoms with Gasteiger partial charge in [0.1, 0.15) is 0 Å². The maximum atomic E-state index is 11.2. The second kappa shape index (κ2) is 4.22. The molecule has 4 heteroatoms. The first-order valence-corrected chi connectivity index (χ1v) is 4.83. The van der Waals surface area contributed by atoms with Gasteiger partial charge in [0.15, 0.2) is 0 Å². The Hall–Kier alpha value is -0.380. The van der Waals surface area contributed by atoms with Gasteiger partial charge in [-0.15, -0.1) is 0 Å². The van der Waals surface area contributed by atoms with Crippen molar-refractivity contribution in [1.29, 1.82) is 0 Å². The maximum Gasteiger partial charge on any atom is 0.315 e. The zero-order valence-electron chi connectivity index (χ0n) is 9.06. The van der Waals surface area contributed by atoms with Crippen LogP contribution in [-0.4, -0.2) is 17.4 Å². The summed E-state index contributed by atoms with van der Waals surface area (Å²) in [6.45, 7) is 10.5. The average molecular weight is 204 g/mol. The average Bonchev–Trinajstić information content (AvgIpc) is 1.78. The largest absolute Gasteiger partial charge is 0.338 e. The number of nitrogens with one attached hydrogen (secondary N) is 2. The van der Waals surface area contributed by atoms with Crippen molar-refractivity contribution in [3.05, 3.63) is 0 Å². The third-order valence-electron chi connectivity index (χ3n) is 1.20. The van der Waals surface area contributed by atoms with Crippen LogP contribution in [0.5, 0.6) is 0 Å². The van der Waals surface area contributed by atoms with Gasteiger partial charge < -0.3 is 10.6 Å². The number of urea groups is 1. The van der Waals surface area contributed by atoms with Gasteiger partial charge in [0.25, 0.3) is 0 Å². The van der Waals surface area contributed by atoms with Crippen LogP contribution >= 0.6 is 12.6 Å². The van der Waals surface area contributed by atoms with E-state index in [-0.39, 0.29) is 11.4 Å². The fraction of sp³-hybridized carbons (Fsp3) is 0.889. The SMILES string of the molecule is CC(C)(C)CNC(=O)NC(C)(C)S. The highest BCUT2D eigenvalue weighted by molar-refractivity contribution is 7.81. The number of hydrogen-bond acceptors (Lipinski definition) is 2. The van der Waals surface area contributed by atoms with E-state index < -0.39 is 4.87 Å². The Kier molecular flexibility index (Phi) is 4.10. The predicted molar refractivity (Wildman–Crippen MR) is 59.1 cm³/mol. The van der Waals surface area contributed by atoms with Crippen LogP contribution in [0, 0.1) is 5.41 Å². The summed E-state index contributed by atoms with van der Waals surface area (Å²) >= 11 is 4.19. The Morgan fingerprint density at radius 1 is 1.23 bits per heavy atom. The molecular formula is C9H20N2OS. The summed E-state index contributed by atoms with van der Waals surface area (Å²) in [7, 11) is 0. The number of thiol groups is 1. The summed E-state index contributed by atoms with van der Waals surface area (Å²) in [5.41, 5.74) is 0.109. The molecule has 0 unspecified atom stereocenters. The lowest BCUT2D eigenvalue weighted by molar-refractivity contribution is 0.232. The Morgan fingerprint density at radius 2 is 1.69 bits per heavy atom. The second-order valence-corrected chi connectivity index (χ2v) is 6.05. The topological polar surface area (TPSA) is 41.1 Å². The minimum absolute atomic E-state index is 0.109. The summed E-state index contributed by atoms with van der Waals surface area (Å²) < 4.78 is 0. The van der Waals surface area contributed by atoms with Crippen LogP contribution in [-0.2, 0) is 0 Å². The molecule has 0 radical (unpaired) electrons. The number of rotatable bonds is 2. The third-order valence-corrected chi connectivity index (χ3v) is 1.31. The van der Waals surface area contributed by atoms with E-state index in [9.17, 15) is 4.79 Å². The van der Waals surface area contributed by atoms with Crippen molar-refractivity contribution < 1.29 is 4.79 Å². The van der Waals surface area contributed by atoms with Crippen molar-refractivity contribution in [1.82, 2.24) is 10.6 Å². The number of carbonyl (C=O) groups excluding carboxylic acids is 1. The number of carbonyl (C=O) groups is 1. The van der Waals surface area contributed by atoms with Crippen molar-refractivity contribution in [2.45, 2.75) is 39.5 Å². The molecule has 0 aromatic rings.